The molecule has 36 heavy (non-hydrogen) atoms. The first-order chi connectivity index (χ1) is 17.4. The van der Waals surface area contributed by atoms with Gasteiger partial charge in [0.05, 0.1) is 27.0 Å². The Balaban J connectivity index is 1.45. The molecule has 0 radical (unpaired) electrons. The summed E-state index contributed by atoms with van der Waals surface area (Å²) in [5, 5.41) is 4.96. The molecule has 4 aromatic carbocycles. The number of benzene rings is 4. The topological polar surface area (TPSA) is 111 Å². The van der Waals surface area contributed by atoms with Crippen LogP contribution in [0.1, 0.15) is 27.6 Å². The van der Waals surface area contributed by atoms with E-state index in [1.54, 1.807) is 41.7 Å². The molecule has 0 saturated carbocycles. The minimum Gasteiger partial charge on any atom is -0.449 e. The van der Waals surface area contributed by atoms with Gasteiger partial charge in [0.2, 0.25) is 0 Å². The van der Waals surface area contributed by atoms with Gasteiger partial charge >= 0.3 is 5.97 Å². The lowest BCUT2D eigenvalue weighted by Crippen LogP contribution is -2.31. The van der Waals surface area contributed by atoms with Crippen LogP contribution in [0.2, 0.25) is 0 Å². The smallest absolute Gasteiger partial charge is 0.339 e. The number of rotatable bonds is 6. The van der Waals surface area contributed by atoms with Crippen molar-refractivity contribution in [1.82, 2.24) is 4.98 Å². The van der Waals surface area contributed by atoms with Crippen LogP contribution in [-0.2, 0) is 9.53 Å². The number of hydrogen-bond acceptors (Lipinski definition) is 6. The number of thiazole rings is 1. The lowest BCUT2D eigenvalue weighted by atomic mass is 9.99. The van der Waals surface area contributed by atoms with Crippen molar-refractivity contribution in [2.75, 3.05) is 5.32 Å². The zero-order valence-corrected chi connectivity index (χ0v) is 20.0. The van der Waals surface area contributed by atoms with Crippen LogP contribution in [0, 0.1) is 0 Å². The Morgan fingerprint density at radius 2 is 1.58 bits per heavy atom. The fourth-order valence-corrected chi connectivity index (χ4v) is 4.99. The molecule has 0 aliphatic heterocycles. The van der Waals surface area contributed by atoms with Crippen molar-refractivity contribution < 1.29 is 19.1 Å². The summed E-state index contributed by atoms with van der Waals surface area (Å²) in [7, 11) is 0. The molecule has 1 aromatic heterocycles. The van der Waals surface area contributed by atoms with E-state index in [1.165, 1.54) is 13.0 Å². The van der Waals surface area contributed by atoms with Crippen LogP contribution in [0.4, 0.5) is 5.69 Å². The number of amides is 2. The second kappa shape index (κ2) is 9.59. The van der Waals surface area contributed by atoms with Crippen LogP contribution in [-0.4, -0.2) is 28.9 Å². The molecule has 0 spiro atoms. The minimum atomic E-state index is -1.12. The molecule has 0 aliphatic rings. The number of primary amides is 1. The molecule has 1 atom stereocenters. The maximum Gasteiger partial charge on any atom is 0.339 e. The molecule has 2 amide bonds. The minimum absolute atomic E-state index is 0.166. The SMILES string of the molecule is CC(OC(=O)c1cccc2cccc(-c3nc4ccccc4s3)c12)C(=O)Nc1ccccc1C(N)=O. The highest BCUT2D eigenvalue weighted by molar-refractivity contribution is 7.21. The number of esters is 1. The molecule has 5 rings (SSSR count). The van der Waals surface area contributed by atoms with Crippen molar-refractivity contribution in [3.8, 4) is 10.6 Å². The standard InChI is InChI=1S/C28H21N3O4S/c1-16(26(33)30-21-13-3-2-10-18(21)25(29)32)35-28(34)20-12-7-9-17-8-6-11-19(24(17)20)27-31-22-14-4-5-15-23(22)36-27/h2-16H,1H3,(H2,29,32)(H,30,33). The van der Waals surface area contributed by atoms with Crippen LogP contribution >= 0.6 is 11.3 Å². The number of aromatic nitrogens is 1. The van der Waals surface area contributed by atoms with E-state index in [0.717, 1.165) is 26.2 Å². The Labute approximate surface area is 210 Å². The molecular weight excluding hydrogens is 474 g/mol. The molecule has 0 bridgehead atoms. The third kappa shape index (κ3) is 4.42. The first kappa shape index (κ1) is 23.2. The van der Waals surface area contributed by atoms with Gasteiger partial charge in [-0.3, -0.25) is 9.59 Å². The normalized spacial score (nSPS) is 11.8. The quantitative estimate of drug-likeness (QED) is 0.306. The van der Waals surface area contributed by atoms with Gasteiger partial charge in [0.1, 0.15) is 5.01 Å². The van der Waals surface area contributed by atoms with E-state index in [-0.39, 0.29) is 11.3 Å². The highest BCUT2D eigenvalue weighted by Gasteiger charge is 2.23. The van der Waals surface area contributed by atoms with Crippen LogP contribution in [0.3, 0.4) is 0 Å². The second-order valence-electron chi connectivity index (χ2n) is 8.14. The van der Waals surface area contributed by atoms with E-state index in [9.17, 15) is 14.4 Å². The van der Waals surface area contributed by atoms with Crippen molar-refractivity contribution in [2.45, 2.75) is 13.0 Å². The fraction of sp³-hybridized carbons (Fsp3) is 0.0714. The summed E-state index contributed by atoms with van der Waals surface area (Å²) in [5.74, 6) is -1.89. The number of nitrogens with zero attached hydrogens (tertiary/aromatic N) is 1. The average Bonchev–Trinajstić information content (AvgIpc) is 3.32. The summed E-state index contributed by atoms with van der Waals surface area (Å²) in [6, 6.07) is 25.4. The Bertz CT molecular complexity index is 1600. The molecule has 0 saturated heterocycles. The lowest BCUT2D eigenvalue weighted by molar-refractivity contribution is -0.123. The summed E-state index contributed by atoms with van der Waals surface area (Å²) < 4.78 is 6.59. The molecule has 3 N–H and O–H groups in total. The van der Waals surface area contributed by atoms with E-state index in [4.69, 9.17) is 15.5 Å². The number of fused-ring (bicyclic) bond motifs is 2. The molecule has 8 heteroatoms. The van der Waals surface area contributed by atoms with Crippen molar-refractivity contribution in [1.29, 1.82) is 0 Å². The largest absolute Gasteiger partial charge is 0.449 e. The van der Waals surface area contributed by atoms with E-state index in [0.29, 0.717) is 10.9 Å². The maximum atomic E-state index is 13.3. The fourth-order valence-electron chi connectivity index (χ4n) is 4.00. The number of carbonyl (C=O) groups is 3. The Morgan fingerprint density at radius 3 is 2.36 bits per heavy atom. The third-order valence-electron chi connectivity index (χ3n) is 5.75. The van der Waals surface area contributed by atoms with Crippen LogP contribution in [0.15, 0.2) is 84.9 Å². The van der Waals surface area contributed by atoms with Gasteiger partial charge in [0, 0.05) is 10.9 Å². The summed E-state index contributed by atoms with van der Waals surface area (Å²) in [6.45, 7) is 1.47. The van der Waals surface area contributed by atoms with Gasteiger partial charge < -0.3 is 15.8 Å². The van der Waals surface area contributed by atoms with Gasteiger partial charge in [-0.05, 0) is 42.6 Å². The van der Waals surface area contributed by atoms with Crippen molar-refractivity contribution in [3.63, 3.8) is 0 Å². The molecule has 1 heterocycles. The Morgan fingerprint density at radius 1 is 0.889 bits per heavy atom. The van der Waals surface area contributed by atoms with E-state index in [2.05, 4.69) is 5.32 Å². The average molecular weight is 496 g/mol. The van der Waals surface area contributed by atoms with Crippen LogP contribution in [0.5, 0.6) is 0 Å². The number of nitrogens with one attached hydrogen (secondary N) is 1. The Kier molecular flexibility index (Phi) is 6.18. The number of hydrogen-bond donors (Lipinski definition) is 2. The van der Waals surface area contributed by atoms with E-state index in [1.807, 2.05) is 48.5 Å². The summed E-state index contributed by atoms with van der Waals surface area (Å²) in [6.07, 6.45) is -1.12. The molecule has 5 aromatic rings. The number of ether oxygens (including phenoxy) is 1. The monoisotopic (exact) mass is 495 g/mol. The first-order valence-corrected chi connectivity index (χ1v) is 12.0. The number of anilines is 1. The summed E-state index contributed by atoms with van der Waals surface area (Å²) >= 11 is 1.54. The number of para-hydroxylation sites is 2. The van der Waals surface area contributed by atoms with Crippen molar-refractivity contribution in [3.05, 3.63) is 96.1 Å². The van der Waals surface area contributed by atoms with Gasteiger partial charge in [-0.1, -0.05) is 54.6 Å². The summed E-state index contributed by atoms with van der Waals surface area (Å²) in [4.78, 5) is 42.4. The van der Waals surface area contributed by atoms with E-state index < -0.39 is 23.9 Å². The molecule has 1 unspecified atom stereocenters. The van der Waals surface area contributed by atoms with Crippen LogP contribution < -0.4 is 11.1 Å². The Hall–Kier alpha value is -4.56. The molecule has 178 valence electrons. The number of nitrogens with two attached hydrogens (primary N) is 1. The van der Waals surface area contributed by atoms with Crippen molar-refractivity contribution in [2.24, 2.45) is 5.73 Å². The third-order valence-corrected chi connectivity index (χ3v) is 6.82. The lowest BCUT2D eigenvalue weighted by Gasteiger charge is -2.16. The van der Waals surface area contributed by atoms with Crippen molar-refractivity contribution >= 4 is 55.8 Å². The molecule has 0 fully saturated rings. The highest BCUT2D eigenvalue weighted by atomic mass is 32.1. The molecule has 0 aliphatic carbocycles. The van der Waals surface area contributed by atoms with Gasteiger partial charge in [-0.2, -0.15) is 0 Å². The second-order valence-corrected chi connectivity index (χ2v) is 9.17. The maximum absolute atomic E-state index is 13.3. The zero-order chi connectivity index (χ0) is 25.2. The zero-order valence-electron chi connectivity index (χ0n) is 19.2. The predicted octanol–water partition coefficient (Wildman–Crippen LogP) is 5.40. The van der Waals surface area contributed by atoms with Gasteiger partial charge in [0.25, 0.3) is 11.8 Å². The van der Waals surface area contributed by atoms with Gasteiger partial charge in [-0.15, -0.1) is 11.3 Å². The first-order valence-electron chi connectivity index (χ1n) is 11.2. The predicted molar refractivity (Wildman–Crippen MR) is 141 cm³/mol. The summed E-state index contributed by atoms with van der Waals surface area (Å²) in [5.41, 5.74) is 7.83. The van der Waals surface area contributed by atoms with Gasteiger partial charge in [-0.25, -0.2) is 9.78 Å². The van der Waals surface area contributed by atoms with E-state index >= 15 is 0 Å². The molecular formula is C28H21N3O4S. The number of carbonyl (C=O) groups excluding carboxylic acids is 3. The highest BCUT2D eigenvalue weighted by Crippen LogP contribution is 2.36. The van der Waals surface area contributed by atoms with Crippen LogP contribution in [0.25, 0.3) is 31.6 Å². The van der Waals surface area contributed by atoms with Gasteiger partial charge in [0.15, 0.2) is 6.10 Å². The molecule has 7 nitrogen and oxygen atoms in total.